The number of amides is 1. The molecule has 0 fully saturated rings. The van der Waals surface area contributed by atoms with Crippen LogP contribution in [0.3, 0.4) is 0 Å². The van der Waals surface area contributed by atoms with E-state index in [0.717, 1.165) is 5.69 Å². The van der Waals surface area contributed by atoms with Crippen molar-refractivity contribution in [2.75, 3.05) is 11.9 Å². The minimum absolute atomic E-state index is 0.110. The number of ether oxygens (including phenoxy) is 1. The fourth-order valence-electron chi connectivity index (χ4n) is 0.938. The first-order valence-corrected chi connectivity index (χ1v) is 4.45. The van der Waals surface area contributed by atoms with Gasteiger partial charge in [0, 0.05) is 13.2 Å². The molecule has 0 radical (unpaired) electrons. The van der Waals surface area contributed by atoms with Crippen molar-refractivity contribution in [3.05, 3.63) is 24.5 Å². The van der Waals surface area contributed by atoms with Crippen molar-refractivity contribution in [2.24, 2.45) is 0 Å². The van der Waals surface area contributed by atoms with Crippen molar-refractivity contribution in [3.63, 3.8) is 0 Å². The lowest BCUT2D eigenvalue weighted by Gasteiger charge is -2.18. The van der Waals surface area contributed by atoms with Gasteiger partial charge >= 0.3 is 6.09 Å². The van der Waals surface area contributed by atoms with Gasteiger partial charge < -0.3 is 4.74 Å². The number of carbonyl (C=O) groups is 1. The fourth-order valence-corrected chi connectivity index (χ4v) is 0.938. The highest BCUT2D eigenvalue weighted by Crippen LogP contribution is 2.10. The van der Waals surface area contributed by atoms with Crippen molar-refractivity contribution < 1.29 is 9.53 Å². The van der Waals surface area contributed by atoms with Crippen LogP contribution >= 0.6 is 0 Å². The van der Waals surface area contributed by atoms with E-state index in [1.807, 2.05) is 13.8 Å². The number of nitrogens with zero attached hydrogens (tertiary/aromatic N) is 2. The maximum absolute atomic E-state index is 11.4. The molecule has 1 rings (SSSR count). The summed E-state index contributed by atoms with van der Waals surface area (Å²) in [6.07, 6.45) is 2.79. The third-order valence-corrected chi connectivity index (χ3v) is 1.64. The Morgan fingerprint density at radius 3 is 2.79 bits per heavy atom. The second kappa shape index (κ2) is 4.60. The number of aromatic nitrogens is 1. The minimum atomic E-state index is -0.368. The molecule has 1 heterocycles. The van der Waals surface area contributed by atoms with Crippen LogP contribution in [0.25, 0.3) is 0 Å². The van der Waals surface area contributed by atoms with Gasteiger partial charge in [-0.1, -0.05) is 0 Å². The molecule has 76 valence electrons. The Hall–Kier alpha value is -1.58. The van der Waals surface area contributed by atoms with Crippen LogP contribution in [0, 0.1) is 0 Å². The lowest BCUT2D eigenvalue weighted by Crippen LogP contribution is -2.29. The molecule has 0 aliphatic heterocycles. The van der Waals surface area contributed by atoms with Crippen molar-refractivity contribution in [3.8, 4) is 0 Å². The Kier molecular flexibility index (Phi) is 3.45. The van der Waals surface area contributed by atoms with Crippen LogP contribution in [0.15, 0.2) is 24.5 Å². The zero-order chi connectivity index (χ0) is 10.6. The quantitative estimate of drug-likeness (QED) is 0.723. The van der Waals surface area contributed by atoms with Crippen molar-refractivity contribution in [1.82, 2.24) is 4.98 Å². The van der Waals surface area contributed by atoms with Crippen LogP contribution < -0.4 is 4.90 Å². The molecule has 0 saturated carbocycles. The smallest absolute Gasteiger partial charge is 0.414 e. The van der Waals surface area contributed by atoms with E-state index in [9.17, 15) is 4.79 Å². The summed E-state index contributed by atoms with van der Waals surface area (Å²) >= 11 is 0. The number of pyridine rings is 1. The molecule has 0 unspecified atom stereocenters. The molecular weight excluding hydrogens is 180 g/mol. The minimum Gasteiger partial charge on any atom is -0.446 e. The second-order valence-corrected chi connectivity index (χ2v) is 3.20. The number of rotatable bonds is 2. The Bertz CT molecular complexity index is 298. The zero-order valence-corrected chi connectivity index (χ0v) is 8.60. The largest absolute Gasteiger partial charge is 0.446 e. The predicted molar refractivity (Wildman–Crippen MR) is 54.3 cm³/mol. The van der Waals surface area contributed by atoms with E-state index < -0.39 is 0 Å². The van der Waals surface area contributed by atoms with Crippen LogP contribution in [0.4, 0.5) is 10.5 Å². The summed E-state index contributed by atoms with van der Waals surface area (Å²) in [6.45, 7) is 3.63. The van der Waals surface area contributed by atoms with Crippen LogP contribution in [0.2, 0.25) is 0 Å². The maximum atomic E-state index is 11.4. The summed E-state index contributed by atoms with van der Waals surface area (Å²) in [6, 6.07) is 3.57. The van der Waals surface area contributed by atoms with Crippen molar-refractivity contribution >= 4 is 11.8 Å². The van der Waals surface area contributed by atoms with E-state index in [1.54, 1.807) is 31.6 Å². The van der Waals surface area contributed by atoms with Crippen LogP contribution in [-0.2, 0) is 4.74 Å². The highest BCUT2D eigenvalue weighted by Gasteiger charge is 2.13. The van der Waals surface area contributed by atoms with Gasteiger partial charge in [-0.3, -0.25) is 9.88 Å². The Balaban J connectivity index is 2.66. The fraction of sp³-hybridized carbons (Fsp3) is 0.400. The molecule has 0 saturated heterocycles. The van der Waals surface area contributed by atoms with Crippen molar-refractivity contribution in [1.29, 1.82) is 0 Å². The van der Waals surface area contributed by atoms with Gasteiger partial charge in [0.15, 0.2) is 0 Å². The van der Waals surface area contributed by atoms with Gasteiger partial charge in [-0.15, -0.1) is 0 Å². The first kappa shape index (κ1) is 10.5. The van der Waals surface area contributed by atoms with Gasteiger partial charge in [0.25, 0.3) is 0 Å². The highest BCUT2D eigenvalue weighted by molar-refractivity contribution is 5.86. The Labute approximate surface area is 83.5 Å². The lowest BCUT2D eigenvalue weighted by atomic mass is 10.4. The van der Waals surface area contributed by atoms with E-state index in [1.165, 1.54) is 4.90 Å². The monoisotopic (exact) mass is 194 g/mol. The van der Waals surface area contributed by atoms with E-state index in [2.05, 4.69) is 4.98 Å². The van der Waals surface area contributed by atoms with E-state index in [4.69, 9.17) is 4.74 Å². The zero-order valence-electron chi connectivity index (χ0n) is 8.60. The summed E-state index contributed by atoms with van der Waals surface area (Å²) in [5, 5.41) is 0. The molecule has 0 atom stereocenters. The van der Waals surface area contributed by atoms with E-state index in [0.29, 0.717) is 0 Å². The molecule has 0 N–H and O–H groups in total. The first-order valence-electron chi connectivity index (χ1n) is 4.45. The van der Waals surface area contributed by atoms with E-state index >= 15 is 0 Å². The summed E-state index contributed by atoms with van der Waals surface area (Å²) in [4.78, 5) is 16.8. The maximum Gasteiger partial charge on any atom is 0.414 e. The first-order chi connectivity index (χ1) is 6.61. The molecule has 14 heavy (non-hydrogen) atoms. The molecule has 4 nitrogen and oxygen atoms in total. The van der Waals surface area contributed by atoms with Crippen molar-refractivity contribution in [2.45, 2.75) is 20.0 Å². The van der Waals surface area contributed by atoms with Gasteiger partial charge in [-0.05, 0) is 26.0 Å². The van der Waals surface area contributed by atoms with Gasteiger partial charge in [-0.25, -0.2) is 4.79 Å². The van der Waals surface area contributed by atoms with Crippen LogP contribution in [0.1, 0.15) is 13.8 Å². The molecule has 0 aromatic carbocycles. The van der Waals surface area contributed by atoms with Gasteiger partial charge in [0.1, 0.15) is 0 Å². The molecule has 1 aromatic rings. The summed E-state index contributed by atoms with van der Waals surface area (Å²) in [7, 11) is 1.65. The second-order valence-electron chi connectivity index (χ2n) is 3.20. The number of hydrogen-bond acceptors (Lipinski definition) is 3. The summed E-state index contributed by atoms with van der Waals surface area (Å²) in [5.41, 5.74) is 0.721. The number of carbonyl (C=O) groups excluding carboxylic acids is 1. The van der Waals surface area contributed by atoms with Crippen LogP contribution in [-0.4, -0.2) is 24.2 Å². The molecule has 0 bridgehead atoms. The normalized spacial score (nSPS) is 10.0. The summed E-state index contributed by atoms with van der Waals surface area (Å²) < 4.78 is 5.03. The van der Waals surface area contributed by atoms with Crippen LogP contribution in [0.5, 0.6) is 0 Å². The standard InChI is InChI=1S/C10H14N2O2/c1-8(2)14-10(13)12(3)9-5-4-6-11-7-9/h4-8H,1-3H3. The summed E-state index contributed by atoms with van der Waals surface area (Å²) in [5.74, 6) is 0. The molecule has 0 spiro atoms. The third-order valence-electron chi connectivity index (χ3n) is 1.64. The molecule has 1 aromatic heterocycles. The van der Waals surface area contributed by atoms with Gasteiger partial charge in [0.2, 0.25) is 0 Å². The Morgan fingerprint density at radius 2 is 2.29 bits per heavy atom. The number of hydrogen-bond donors (Lipinski definition) is 0. The molecule has 0 aliphatic carbocycles. The highest BCUT2D eigenvalue weighted by atomic mass is 16.6. The molecule has 1 amide bonds. The number of anilines is 1. The third kappa shape index (κ3) is 2.73. The predicted octanol–water partition coefficient (Wildman–Crippen LogP) is 2.06. The lowest BCUT2D eigenvalue weighted by molar-refractivity contribution is 0.124. The average molecular weight is 194 g/mol. The SMILES string of the molecule is CC(C)OC(=O)N(C)c1cccnc1. The Morgan fingerprint density at radius 1 is 1.57 bits per heavy atom. The molecule has 4 heteroatoms. The average Bonchev–Trinajstić information content (AvgIpc) is 2.17. The molecule has 0 aliphatic rings. The molecular formula is C10H14N2O2. The topological polar surface area (TPSA) is 42.4 Å². The van der Waals surface area contributed by atoms with Gasteiger partial charge in [-0.2, -0.15) is 0 Å². The van der Waals surface area contributed by atoms with Gasteiger partial charge in [0.05, 0.1) is 18.0 Å². The van der Waals surface area contributed by atoms with E-state index in [-0.39, 0.29) is 12.2 Å².